The number of unbranched alkanes of at least 4 members (excludes halogenated alkanes) is 1. The van der Waals surface area contributed by atoms with Crippen LogP contribution in [-0.2, 0) is 9.59 Å². The Bertz CT molecular complexity index is 443. The third-order valence-corrected chi connectivity index (χ3v) is 3.04. The quantitative estimate of drug-likeness (QED) is 0.795. The maximum atomic E-state index is 11.8. The number of carboxylic acid groups (broad SMARTS) is 1. The molecule has 1 unspecified atom stereocenters. The van der Waals surface area contributed by atoms with Gasteiger partial charge in [0.05, 0.1) is 12.5 Å². The number of carboxylic acids is 1. The highest BCUT2D eigenvalue weighted by Gasteiger charge is 2.19. The number of aliphatic carboxylic acids is 1. The predicted molar refractivity (Wildman–Crippen MR) is 73.8 cm³/mol. The van der Waals surface area contributed by atoms with Gasteiger partial charge in [0.1, 0.15) is 0 Å². The minimum Gasteiger partial charge on any atom is -0.481 e. The number of nitrogens with one attached hydrogen (secondary N) is 1. The molecule has 104 valence electrons. The number of carbonyl (C=O) groups is 2. The lowest BCUT2D eigenvalue weighted by Crippen LogP contribution is -2.30. The highest BCUT2D eigenvalue weighted by Crippen LogP contribution is 2.20. The zero-order valence-corrected chi connectivity index (χ0v) is 11.5. The average molecular weight is 263 g/mol. The summed E-state index contributed by atoms with van der Waals surface area (Å²) in [7, 11) is 0. The van der Waals surface area contributed by atoms with Crippen molar-refractivity contribution >= 4 is 11.9 Å². The molecule has 0 aromatic heterocycles. The van der Waals surface area contributed by atoms with Crippen molar-refractivity contribution in [2.45, 2.75) is 45.6 Å². The minimum atomic E-state index is -0.913. The molecule has 4 heteroatoms. The Kier molecular flexibility index (Phi) is 6.06. The molecule has 0 bridgehead atoms. The van der Waals surface area contributed by atoms with E-state index in [0.717, 1.165) is 24.0 Å². The fourth-order valence-electron chi connectivity index (χ4n) is 1.99. The number of aryl methyl sites for hydroxylation is 1. The smallest absolute Gasteiger partial charge is 0.305 e. The van der Waals surface area contributed by atoms with Gasteiger partial charge in [-0.25, -0.2) is 0 Å². The van der Waals surface area contributed by atoms with Crippen LogP contribution in [0.1, 0.15) is 49.8 Å². The van der Waals surface area contributed by atoms with Gasteiger partial charge in [-0.05, 0) is 24.5 Å². The molecule has 1 aromatic rings. The summed E-state index contributed by atoms with van der Waals surface area (Å²) in [5.41, 5.74) is 1.86. The van der Waals surface area contributed by atoms with Crippen LogP contribution in [0.3, 0.4) is 0 Å². The Morgan fingerprint density at radius 3 is 2.58 bits per heavy atom. The summed E-state index contributed by atoms with van der Waals surface area (Å²) < 4.78 is 0. The maximum Gasteiger partial charge on any atom is 0.305 e. The van der Waals surface area contributed by atoms with Crippen LogP contribution in [-0.4, -0.2) is 17.0 Å². The Balaban J connectivity index is 2.80. The van der Waals surface area contributed by atoms with E-state index in [4.69, 9.17) is 5.11 Å². The molecule has 1 rings (SSSR count). The van der Waals surface area contributed by atoms with Crippen LogP contribution >= 0.6 is 0 Å². The lowest BCUT2D eigenvalue weighted by atomic mass is 9.98. The van der Waals surface area contributed by atoms with E-state index in [2.05, 4.69) is 5.32 Å². The number of amides is 1. The molecule has 1 atom stereocenters. The van der Waals surface area contributed by atoms with Crippen LogP contribution in [0, 0.1) is 6.92 Å². The highest BCUT2D eigenvalue weighted by molar-refractivity contribution is 5.77. The number of hydrogen-bond donors (Lipinski definition) is 2. The molecule has 0 radical (unpaired) electrons. The van der Waals surface area contributed by atoms with Crippen molar-refractivity contribution in [2.75, 3.05) is 0 Å². The fourth-order valence-corrected chi connectivity index (χ4v) is 1.99. The predicted octanol–water partition coefficient (Wildman–Crippen LogP) is 2.82. The summed E-state index contributed by atoms with van der Waals surface area (Å²) in [6, 6.07) is 7.08. The monoisotopic (exact) mass is 263 g/mol. The first-order chi connectivity index (χ1) is 9.04. The first kappa shape index (κ1) is 15.2. The summed E-state index contributed by atoms with van der Waals surface area (Å²) >= 11 is 0. The van der Waals surface area contributed by atoms with Crippen LogP contribution < -0.4 is 5.32 Å². The van der Waals surface area contributed by atoms with E-state index in [9.17, 15) is 9.59 Å². The van der Waals surface area contributed by atoms with Crippen LogP contribution in [0.4, 0.5) is 0 Å². The van der Waals surface area contributed by atoms with Crippen molar-refractivity contribution in [3.8, 4) is 0 Å². The molecule has 0 heterocycles. The third-order valence-electron chi connectivity index (χ3n) is 3.04. The number of rotatable bonds is 7. The molecular formula is C15H21NO3. The second-order valence-corrected chi connectivity index (χ2v) is 4.68. The lowest BCUT2D eigenvalue weighted by molar-refractivity contribution is -0.137. The van der Waals surface area contributed by atoms with E-state index in [1.54, 1.807) is 0 Å². The van der Waals surface area contributed by atoms with Gasteiger partial charge in [0.25, 0.3) is 0 Å². The zero-order chi connectivity index (χ0) is 14.3. The van der Waals surface area contributed by atoms with Crippen molar-refractivity contribution in [2.24, 2.45) is 0 Å². The standard InChI is InChI=1S/C15H21NO3/c1-3-4-9-14(17)16-13(10-15(18)19)12-8-6-5-7-11(12)2/h5-8,13H,3-4,9-10H2,1-2H3,(H,16,17)(H,18,19). The van der Waals surface area contributed by atoms with Crippen molar-refractivity contribution < 1.29 is 14.7 Å². The Hall–Kier alpha value is -1.84. The van der Waals surface area contributed by atoms with Crippen LogP contribution in [0.5, 0.6) is 0 Å². The molecule has 0 saturated heterocycles. The van der Waals surface area contributed by atoms with Crippen LogP contribution in [0.25, 0.3) is 0 Å². The molecule has 0 aliphatic heterocycles. The van der Waals surface area contributed by atoms with Crippen LogP contribution in [0.15, 0.2) is 24.3 Å². The molecule has 1 amide bonds. The van der Waals surface area contributed by atoms with E-state index < -0.39 is 12.0 Å². The molecule has 0 aliphatic rings. The normalized spacial score (nSPS) is 11.9. The van der Waals surface area contributed by atoms with Gasteiger partial charge in [0.2, 0.25) is 5.91 Å². The second-order valence-electron chi connectivity index (χ2n) is 4.68. The number of hydrogen-bond acceptors (Lipinski definition) is 2. The Morgan fingerprint density at radius 2 is 2.00 bits per heavy atom. The van der Waals surface area contributed by atoms with Crippen molar-refractivity contribution in [3.05, 3.63) is 35.4 Å². The molecular weight excluding hydrogens is 242 g/mol. The van der Waals surface area contributed by atoms with E-state index >= 15 is 0 Å². The molecule has 19 heavy (non-hydrogen) atoms. The average Bonchev–Trinajstić information content (AvgIpc) is 2.35. The van der Waals surface area contributed by atoms with Gasteiger partial charge in [0, 0.05) is 6.42 Å². The molecule has 0 fully saturated rings. The first-order valence-corrected chi connectivity index (χ1v) is 6.61. The van der Waals surface area contributed by atoms with E-state index in [0.29, 0.717) is 6.42 Å². The van der Waals surface area contributed by atoms with Gasteiger partial charge >= 0.3 is 5.97 Å². The van der Waals surface area contributed by atoms with E-state index in [-0.39, 0.29) is 12.3 Å². The summed E-state index contributed by atoms with van der Waals surface area (Å²) in [4.78, 5) is 22.7. The number of carbonyl (C=O) groups excluding carboxylic acids is 1. The highest BCUT2D eigenvalue weighted by atomic mass is 16.4. The molecule has 2 N–H and O–H groups in total. The van der Waals surface area contributed by atoms with Gasteiger partial charge in [-0.1, -0.05) is 37.6 Å². The van der Waals surface area contributed by atoms with Crippen molar-refractivity contribution in [3.63, 3.8) is 0 Å². The molecule has 1 aromatic carbocycles. The van der Waals surface area contributed by atoms with E-state index in [1.165, 1.54) is 0 Å². The van der Waals surface area contributed by atoms with Gasteiger partial charge in [-0.2, -0.15) is 0 Å². The summed E-state index contributed by atoms with van der Waals surface area (Å²) in [6.45, 7) is 3.94. The second kappa shape index (κ2) is 7.56. The summed E-state index contributed by atoms with van der Waals surface area (Å²) in [6.07, 6.45) is 2.11. The Morgan fingerprint density at radius 1 is 1.32 bits per heavy atom. The van der Waals surface area contributed by atoms with Crippen molar-refractivity contribution in [1.29, 1.82) is 0 Å². The lowest BCUT2D eigenvalue weighted by Gasteiger charge is -2.19. The van der Waals surface area contributed by atoms with E-state index in [1.807, 2.05) is 38.1 Å². The van der Waals surface area contributed by atoms with Gasteiger partial charge in [0.15, 0.2) is 0 Å². The van der Waals surface area contributed by atoms with Crippen LogP contribution in [0.2, 0.25) is 0 Å². The third kappa shape index (κ3) is 5.12. The van der Waals surface area contributed by atoms with Crippen molar-refractivity contribution in [1.82, 2.24) is 5.32 Å². The largest absolute Gasteiger partial charge is 0.481 e. The van der Waals surface area contributed by atoms with Gasteiger partial charge in [-0.15, -0.1) is 0 Å². The fraction of sp³-hybridized carbons (Fsp3) is 0.467. The first-order valence-electron chi connectivity index (χ1n) is 6.61. The topological polar surface area (TPSA) is 66.4 Å². The SMILES string of the molecule is CCCCC(=O)NC(CC(=O)O)c1ccccc1C. The molecule has 0 aliphatic carbocycles. The van der Waals surface area contributed by atoms with Gasteiger partial charge in [-0.3, -0.25) is 9.59 Å². The summed E-state index contributed by atoms with van der Waals surface area (Å²) in [5.74, 6) is -1.000. The molecule has 4 nitrogen and oxygen atoms in total. The maximum absolute atomic E-state index is 11.8. The molecule has 0 saturated carbocycles. The van der Waals surface area contributed by atoms with Gasteiger partial charge < -0.3 is 10.4 Å². The summed E-state index contributed by atoms with van der Waals surface area (Å²) in [5, 5.41) is 11.8. The zero-order valence-electron chi connectivity index (χ0n) is 11.5. The number of benzene rings is 1. The minimum absolute atomic E-state index is 0.0867. The Labute approximate surface area is 113 Å². The molecule has 0 spiro atoms.